The number of carbonyl (C=O) groups is 2. The van der Waals surface area contributed by atoms with Gasteiger partial charge in [0.25, 0.3) is 0 Å². The lowest BCUT2D eigenvalue weighted by molar-refractivity contribution is -0.144. The van der Waals surface area contributed by atoms with Crippen LogP contribution in [0.25, 0.3) is 0 Å². The van der Waals surface area contributed by atoms with Crippen LogP contribution in [0.5, 0.6) is 11.5 Å². The molecule has 3 aromatic rings. The minimum Gasteiger partial charge on any atom is -0.497 e. The van der Waals surface area contributed by atoms with E-state index in [-0.39, 0.29) is 18.9 Å². The molecule has 6 nitrogen and oxygen atoms in total. The van der Waals surface area contributed by atoms with Crippen molar-refractivity contribution in [2.24, 2.45) is 0 Å². The largest absolute Gasteiger partial charge is 0.497 e. The number of methoxy groups -OCH3 is 2. The predicted octanol–water partition coefficient (Wildman–Crippen LogP) is 4.83. The normalized spacial score (nSPS) is 11.0. The van der Waals surface area contributed by atoms with Crippen molar-refractivity contribution in [1.29, 1.82) is 0 Å². The lowest BCUT2D eigenvalue weighted by atomic mass is 9.98. The first-order valence-corrected chi connectivity index (χ1v) is 10.9. The Kier molecular flexibility index (Phi) is 7.89. The Balaban J connectivity index is 1.91. The topological polar surface area (TPSA) is 67.9 Å². The van der Waals surface area contributed by atoms with Gasteiger partial charge in [0.2, 0.25) is 11.8 Å². The van der Waals surface area contributed by atoms with Crippen molar-refractivity contribution >= 4 is 17.5 Å². The zero-order chi connectivity index (χ0) is 24.7. The number of nitrogens with zero attached hydrogens (tertiary/aromatic N) is 1. The van der Waals surface area contributed by atoms with E-state index in [4.69, 9.17) is 9.47 Å². The Labute approximate surface area is 199 Å². The molecule has 3 aromatic carbocycles. The molecule has 3 rings (SSSR count). The fraction of sp³-hybridized carbons (Fsp3) is 0.259. The highest BCUT2D eigenvalue weighted by molar-refractivity contribution is 6.01. The van der Waals surface area contributed by atoms with E-state index >= 15 is 0 Å². The average Bonchev–Trinajstić information content (AvgIpc) is 2.84. The lowest BCUT2D eigenvalue weighted by Crippen LogP contribution is -2.55. The summed E-state index contributed by atoms with van der Waals surface area (Å²) in [5.41, 5.74) is 0.257. The van der Waals surface area contributed by atoms with Crippen LogP contribution in [0, 0.1) is 5.82 Å². The van der Waals surface area contributed by atoms with Crippen LogP contribution in [0.3, 0.4) is 0 Å². The summed E-state index contributed by atoms with van der Waals surface area (Å²) in [5, 5.41) is 2.85. The van der Waals surface area contributed by atoms with Gasteiger partial charge < -0.3 is 19.7 Å². The third kappa shape index (κ3) is 5.73. The molecule has 0 aliphatic rings. The Morgan fingerprint density at radius 3 is 2.26 bits per heavy atom. The van der Waals surface area contributed by atoms with E-state index in [2.05, 4.69) is 5.32 Å². The van der Waals surface area contributed by atoms with E-state index in [0.717, 1.165) is 5.56 Å². The van der Waals surface area contributed by atoms with E-state index in [9.17, 15) is 14.0 Å². The number of halogens is 1. The summed E-state index contributed by atoms with van der Waals surface area (Å²) in [7, 11) is 3.03. The highest BCUT2D eigenvalue weighted by atomic mass is 19.1. The van der Waals surface area contributed by atoms with Crippen molar-refractivity contribution in [1.82, 2.24) is 4.90 Å². The van der Waals surface area contributed by atoms with Crippen LogP contribution in [0.15, 0.2) is 72.8 Å². The number of rotatable bonds is 9. The van der Waals surface area contributed by atoms with Crippen LogP contribution < -0.4 is 14.8 Å². The van der Waals surface area contributed by atoms with Crippen molar-refractivity contribution < 1.29 is 23.5 Å². The quantitative estimate of drug-likeness (QED) is 0.493. The summed E-state index contributed by atoms with van der Waals surface area (Å²) in [6.45, 7) is 3.22. The lowest BCUT2D eigenvalue weighted by Gasteiger charge is -2.37. The van der Waals surface area contributed by atoms with Crippen LogP contribution in [-0.2, 0) is 22.6 Å². The van der Waals surface area contributed by atoms with Gasteiger partial charge in [-0.15, -0.1) is 0 Å². The van der Waals surface area contributed by atoms with Crippen molar-refractivity contribution in [2.75, 3.05) is 19.5 Å². The first-order valence-electron chi connectivity index (χ1n) is 10.9. The fourth-order valence-electron chi connectivity index (χ4n) is 3.56. The number of nitrogens with one attached hydrogen (secondary N) is 1. The predicted molar refractivity (Wildman–Crippen MR) is 129 cm³/mol. The van der Waals surface area contributed by atoms with E-state index in [1.54, 1.807) is 50.2 Å². The molecule has 0 aliphatic carbocycles. The SMILES string of the molecule is COc1ccc(NC(=O)C(C)(C)N(Cc2ccccc2F)C(=O)Cc2ccccc2)c(OC)c1. The first kappa shape index (κ1) is 24.8. The number of hydrogen-bond acceptors (Lipinski definition) is 4. The molecule has 0 aliphatic heterocycles. The van der Waals surface area contributed by atoms with Crippen molar-refractivity contribution in [3.8, 4) is 11.5 Å². The molecule has 0 saturated heterocycles. The van der Waals surface area contributed by atoms with Crippen molar-refractivity contribution in [3.05, 3.63) is 89.7 Å². The minimum absolute atomic E-state index is 0.0570. The van der Waals surface area contributed by atoms with E-state index in [1.165, 1.54) is 25.2 Å². The summed E-state index contributed by atoms with van der Waals surface area (Å²) in [6, 6.07) is 20.5. The van der Waals surface area contributed by atoms with Crippen LogP contribution in [0.2, 0.25) is 0 Å². The molecule has 1 N–H and O–H groups in total. The maximum Gasteiger partial charge on any atom is 0.249 e. The summed E-state index contributed by atoms with van der Waals surface area (Å²) in [6.07, 6.45) is 0.0812. The molecule has 0 unspecified atom stereocenters. The second kappa shape index (κ2) is 10.8. The number of anilines is 1. The van der Waals surface area contributed by atoms with Gasteiger partial charge in [0.1, 0.15) is 22.9 Å². The Bertz CT molecular complexity index is 1150. The van der Waals surface area contributed by atoms with Gasteiger partial charge in [0.05, 0.1) is 26.3 Å². The summed E-state index contributed by atoms with van der Waals surface area (Å²) in [4.78, 5) is 28.3. The third-order valence-electron chi connectivity index (χ3n) is 5.67. The fourth-order valence-corrected chi connectivity index (χ4v) is 3.56. The molecule has 0 fully saturated rings. The number of carbonyl (C=O) groups excluding carboxylic acids is 2. The molecule has 178 valence electrons. The first-order chi connectivity index (χ1) is 16.3. The number of amides is 2. The van der Waals surface area contributed by atoms with Gasteiger partial charge in [0.15, 0.2) is 0 Å². The van der Waals surface area contributed by atoms with Crippen LogP contribution in [-0.4, -0.2) is 36.5 Å². The van der Waals surface area contributed by atoms with Crippen molar-refractivity contribution in [2.45, 2.75) is 32.4 Å². The molecule has 0 heterocycles. The Morgan fingerprint density at radius 1 is 0.941 bits per heavy atom. The van der Waals surface area contributed by atoms with Gasteiger partial charge in [-0.2, -0.15) is 0 Å². The standard InChI is InChI=1S/C27H29FN2O4/c1-27(2,26(32)29-23-15-14-21(33-3)17-24(23)34-4)30(18-20-12-8-9-13-22(20)28)25(31)16-19-10-6-5-7-11-19/h5-15,17H,16,18H2,1-4H3,(H,29,32). The summed E-state index contributed by atoms with van der Waals surface area (Å²) >= 11 is 0. The van der Waals surface area contributed by atoms with E-state index in [0.29, 0.717) is 22.7 Å². The van der Waals surface area contributed by atoms with Crippen LogP contribution in [0.1, 0.15) is 25.0 Å². The molecule has 0 bridgehead atoms. The minimum atomic E-state index is -1.31. The Hall–Kier alpha value is -3.87. The zero-order valence-electron chi connectivity index (χ0n) is 19.8. The van der Waals surface area contributed by atoms with Gasteiger partial charge >= 0.3 is 0 Å². The highest BCUT2D eigenvalue weighted by Crippen LogP contribution is 2.31. The molecule has 2 amide bonds. The third-order valence-corrected chi connectivity index (χ3v) is 5.67. The second-order valence-corrected chi connectivity index (χ2v) is 8.31. The maximum atomic E-state index is 14.5. The molecular weight excluding hydrogens is 435 g/mol. The van der Waals surface area contributed by atoms with Gasteiger partial charge in [-0.05, 0) is 37.6 Å². The van der Waals surface area contributed by atoms with Gasteiger partial charge in [-0.25, -0.2) is 4.39 Å². The summed E-state index contributed by atoms with van der Waals surface area (Å²) < 4.78 is 25.1. The molecule has 34 heavy (non-hydrogen) atoms. The zero-order valence-corrected chi connectivity index (χ0v) is 19.8. The molecular formula is C27H29FN2O4. The second-order valence-electron chi connectivity index (χ2n) is 8.31. The molecule has 0 atom stereocenters. The number of hydrogen-bond donors (Lipinski definition) is 1. The monoisotopic (exact) mass is 464 g/mol. The average molecular weight is 465 g/mol. The highest BCUT2D eigenvalue weighted by Gasteiger charge is 2.38. The molecule has 7 heteroatoms. The molecule has 0 radical (unpaired) electrons. The van der Waals surface area contributed by atoms with Crippen LogP contribution in [0.4, 0.5) is 10.1 Å². The number of benzene rings is 3. The van der Waals surface area contributed by atoms with Gasteiger partial charge in [-0.1, -0.05) is 48.5 Å². The van der Waals surface area contributed by atoms with Crippen molar-refractivity contribution in [3.63, 3.8) is 0 Å². The number of ether oxygens (including phenoxy) is 2. The van der Waals surface area contributed by atoms with Gasteiger partial charge in [-0.3, -0.25) is 9.59 Å². The van der Waals surface area contributed by atoms with Gasteiger partial charge in [0, 0.05) is 18.2 Å². The van der Waals surface area contributed by atoms with E-state index < -0.39 is 17.3 Å². The molecule has 0 spiro atoms. The maximum absolute atomic E-state index is 14.5. The molecule has 0 saturated carbocycles. The summed E-state index contributed by atoms with van der Waals surface area (Å²) in [5.74, 6) is -0.175. The Morgan fingerprint density at radius 2 is 1.62 bits per heavy atom. The smallest absolute Gasteiger partial charge is 0.249 e. The van der Waals surface area contributed by atoms with Crippen LogP contribution >= 0.6 is 0 Å². The van der Waals surface area contributed by atoms with E-state index in [1.807, 2.05) is 30.3 Å². The molecule has 0 aromatic heterocycles.